The van der Waals surface area contributed by atoms with E-state index in [1.807, 2.05) is 0 Å². The Hall–Kier alpha value is -1.23. The molecule has 0 aromatic heterocycles. The van der Waals surface area contributed by atoms with Gasteiger partial charge in [0.15, 0.2) is 0 Å². The molecule has 2 rings (SSSR count). The summed E-state index contributed by atoms with van der Waals surface area (Å²) in [4.78, 5) is 12.0. The fraction of sp³-hybridized carbons (Fsp3) is 0.462. The molecule has 1 amide bonds. The standard InChI is InChI=1S/C13H16BrNO3/c14-7-8-2-1-3-12(8)15-13(18)9-4-10(16)6-11(17)5-9/h4-6,8,12,16-17H,1-3,7H2,(H,15,18). The van der Waals surface area contributed by atoms with E-state index >= 15 is 0 Å². The normalized spacial score (nSPS) is 22.9. The number of hydrogen-bond donors (Lipinski definition) is 3. The van der Waals surface area contributed by atoms with Crippen LogP contribution in [0.25, 0.3) is 0 Å². The summed E-state index contributed by atoms with van der Waals surface area (Å²) in [6.45, 7) is 0. The Bertz CT molecular complexity index is 430. The number of phenolic OH excluding ortho intramolecular Hbond substituents is 2. The summed E-state index contributed by atoms with van der Waals surface area (Å²) in [6.07, 6.45) is 3.21. The van der Waals surface area contributed by atoms with Gasteiger partial charge < -0.3 is 15.5 Å². The maximum absolute atomic E-state index is 12.0. The Kier molecular flexibility index (Phi) is 4.11. The number of benzene rings is 1. The summed E-state index contributed by atoms with van der Waals surface area (Å²) in [5.74, 6) is -0.00821. The van der Waals surface area contributed by atoms with Crippen LogP contribution in [0.1, 0.15) is 29.6 Å². The number of halogens is 1. The molecular weight excluding hydrogens is 298 g/mol. The molecule has 0 heterocycles. The minimum Gasteiger partial charge on any atom is -0.508 e. The van der Waals surface area contributed by atoms with Gasteiger partial charge in [-0.3, -0.25) is 4.79 Å². The first-order valence-corrected chi connectivity index (χ1v) is 7.12. The van der Waals surface area contributed by atoms with Crippen LogP contribution < -0.4 is 5.32 Å². The summed E-state index contributed by atoms with van der Waals surface area (Å²) < 4.78 is 0. The molecule has 0 aliphatic heterocycles. The van der Waals surface area contributed by atoms with Gasteiger partial charge in [-0.05, 0) is 30.9 Å². The van der Waals surface area contributed by atoms with Gasteiger partial charge in [0.2, 0.25) is 0 Å². The van der Waals surface area contributed by atoms with Crippen molar-refractivity contribution in [1.82, 2.24) is 5.32 Å². The lowest BCUT2D eigenvalue weighted by molar-refractivity contribution is 0.0929. The van der Waals surface area contributed by atoms with Gasteiger partial charge in [0, 0.05) is 23.0 Å². The third kappa shape index (κ3) is 2.96. The van der Waals surface area contributed by atoms with Crippen molar-refractivity contribution < 1.29 is 15.0 Å². The van der Waals surface area contributed by atoms with E-state index in [0.717, 1.165) is 24.6 Å². The third-order valence-electron chi connectivity index (χ3n) is 3.34. The molecule has 1 aromatic carbocycles. The molecule has 0 spiro atoms. The molecule has 18 heavy (non-hydrogen) atoms. The molecule has 4 nitrogen and oxygen atoms in total. The summed E-state index contributed by atoms with van der Waals surface area (Å²) in [5.41, 5.74) is 0.285. The Morgan fingerprint density at radius 2 is 1.94 bits per heavy atom. The predicted molar refractivity (Wildman–Crippen MR) is 72.2 cm³/mol. The van der Waals surface area contributed by atoms with E-state index in [2.05, 4.69) is 21.2 Å². The van der Waals surface area contributed by atoms with E-state index in [-0.39, 0.29) is 29.0 Å². The van der Waals surface area contributed by atoms with E-state index in [4.69, 9.17) is 0 Å². The van der Waals surface area contributed by atoms with Crippen LogP contribution in [0, 0.1) is 5.92 Å². The zero-order chi connectivity index (χ0) is 13.1. The number of hydrogen-bond acceptors (Lipinski definition) is 3. The molecule has 1 fully saturated rings. The lowest BCUT2D eigenvalue weighted by Crippen LogP contribution is -2.37. The first-order valence-electron chi connectivity index (χ1n) is 6.00. The molecule has 0 bridgehead atoms. The molecule has 2 unspecified atom stereocenters. The minimum absolute atomic E-state index is 0.108. The van der Waals surface area contributed by atoms with Crippen molar-refractivity contribution >= 4 is 21.8 Å². The fourth-order valence-electron chi connectivity index (χ4n) is 2.39. The summed E-state index contributed by atoms with van der Waals surface area (Å²) in [7, 11) is 0. The average molecular weight is 314 g/mol. The minimum atomic E-state index is -0.251. The highest BCUT2D eigenvalue weighted by atomic mass is 79.9. The maximum atomic E-state index is 12.0. The number of alkyl halides is 1. The number of carbonyl (C=O) groups is 1. The zero-order valence-electron chi connectivity index (χ0n) is 9.90. The van der Waals surface area contributed by atoms with Crippen molar-refractivity contribution in [3.63, 3.8) is 0 Å². The molecule has 0 radical (unpaired) electrons. The molecule has 2 atom stereocenters. The Labute approximate surface area is 114 Å². The van der Waals surface area contributed by atoms with Crippen LogP contribution in [-0.4, -0.2) is 27.5 Å². The SMILES string of the molecule is O=C(NC1CCCC1CBr)c1cc(O)cc(O)c1. The van der Waals surface area contributed by atoms with Crippen molar-refractivity contribution in [1.29, 1.82) is 0 Å². The van der Waals surface area contributed by atoms with Gasteiger partial charge in [0.1, 0.15) is 11.5 Å². The van der Waals surface area contributed by atoms with E-state index in [1.165, 1.54) is 18.2 Å². The van der Waals surface area contributed by atoms with Gasteiger partial charge in [-0.25, -0.2) is 0 Å². The van der Waals surface area contributed by atoms with Crippen LogP contribution in [-0.2, 0) is 0 Å². The predicted octanol–water partition coefficient (Wildman–Crippen LogP) is 2.39. The topological polar surface area (TPSA) is 69.6 Å². The first kappa shape index (κ1) is 13.2. The number of rotatable bonds is 3. The van der Waals surface area contributed by atoms with Crippen LogP contribution in [0.2, 0.25) is 0 Å². The Balaban J connectivity index is 2.07. The lowest BCUT2D eigenvalue weighted by Gasteiger charge is -2.19. The van der Waals surface area contributed by atoms with Crippen molar-refractivity contribution in [2.75, 3.05) is 5.33 Å². The van der Waals surface area contributed by atoms with Crippen LogP contribution in [0.15, 0.2) is 18.2 Å². The highest BCUT2D eigenvalue weighted by molar-refractivity contribution is 9.09. The Morgan fingerprint density at radius 3 is 2.56 bits per heavy atom. The van der Waals surface area contributed by atoms with Gasteiger partial charge in [-0.1, -0.05) is 22.4 Å². The quantitative estimate of drug-likeness (QED) is 0.750. The molecule has 3 N–H and O–H groups in total. The number of aromatic hydroxyl groups is 2. The number of nitrogens with one attached hydrogen (secondary N) is 1. The smallest absolute Gasteiger partial charge is 0.251 e. The van der Waals surface area contributed by atoms with E-state index in [0.29, 0.717) is 5.92 Å². The van der Waals surface area contributed by atoms with E-state index in [1.54, 1.807) is 0 Å². The largest absolute Gasteiger partial charge is 0.508 e. The van der Waals surface area contributed by atoms with Gasteiger partial charge >= 0.3 is 0 Å². The molecule has 1 aliphatic carbocycles. The molecule has 98 valence electrons. The third-order valence-corrected chi connectivity index (χ3v) is 4.17. The maximum Gasteiger partial charge on any atom is 0.251 e. The highest BCUT2D eigenvalue weighted by Crippen LogP contribution is 2.28. The van der Waals surface area contributed by atoms with Crippen molar-refractivity contribution in [2.24, 2.45) is 5.92 Å². The summed E-state index contributed by atoms with van der Waals surface area (Å²) in [5, 5.41) is 22.5. The van der Waals surface area contributed by atoms with Crippen LogP contribution >= 0.6 is 15.9 Å². The van der Waals surface area contributed by atoms with Crippen LogP contribution in [0.3, 0.4) is 0 Å². The molecule has 5 heteroatoms. The van der Waals surface area contributed by atoms with Crippen molar-refractivity contribution in [3.05, 3.63) is 23.8 Å². The summed E-state index contributed by atoms with van der Waals surface area (Å²) in [6, 6.07) is 4.08. The van der Waals surface area contributed by atoms with Gasteiger partial charge in [0.25, 0.3) is 5.91 Å². The van der Waals surface area contributed by atoms with Gasteiger partial charge in [-0.2, -0.15) is 0 Å². The molecular formula is C13H16BrNO3. The highest BCUT2D eigenvalue weighted by Gasteiger charge is 2.27. The zero-order valence-corrected chi connectivity index (χ0v) is 11.5. The molecule has 0 saturated heterocycles. The van der Waals surface area contributed by atoms with Gasteiger partial charge in [-0.15, -0.1) is 0 Å². The Morgan fingerprint density at radius 1 is 1.28 bits per heavy atom. The van der Waals surface area contributed by atoms with E-state index < -0.39 is 0 Å². The first-order chi connectivity index (χ1) is 8.60. The second-order valence-electron chi connectivity index (χ2n) is 4.66. The monoisotopic (exact) mass is 313 g/mol. The van der Waals surface area contributed by atoms with E-state index in [9.17, 15) is 15.0 Å². The fourth-order valence-corrected chi connectivity index (χ4v) is 3.16. The second-order valence-corrected chi connectivity index (χ2v) is 5.31. The van der Waals surface area contributed by atoms with Crippen molar-refractivity contribution in [2.45, 2.75) is 25.3 Å². The second kappa shape index (κ2) is 5.61. The van der Waals surface area contributed by atoms with Crippen LogP contribution in [0.5, 0.6) is 11.5 Å². The van der Waals surface area contributed by atoms with Gasteiger partial charge in [0.05, 0.1) is 0 Å². The molecule has 1 saturated carbocycles. The van der Waals surface area contributed by atoms with Crippen LogP contribution in [0.4, 0.5) is 0 Å². The summed E-state index contributed by atoms with van der Waals surface area (Å²) >= 11 is 3.45. The lowest BCUT2D eigenvalue weighted by atomic mass is 10.1. The number of phenols is 2. The number of carbonyl (C=O) groups excluding carboxylic acids is 1. The average Bonchev–Trinajstić information content (AvgIpc) is 2.75. The van der Waals surface area contributed by atoms with Crippen molar-refractivity contribution in [3.8, 4) is 11.5 Å². The number of amides is 1. The molecule has 1 aromatic rings. The molecule has 1 aliphatic rings.